The molecule has 132 valence electrons. The zero-order valence-corrected chi connectivity index (χ0v) is 9.19. The summed E-state index contributed by atoms with van der Waals surface area (Å²) in [6, 6.07) is -7.25. The largest absolute Gasteiger partial charge is 0.452 e. The first-order chi connectivity index (χ1) is 9.42. The second-order valence-electron chi connectivity index (χ2n) is 3.28. The highest BCUT2D eigenvalue weighted by Crippen LogP contribution is 2.52. The van der Waals surface area contributed by atoms with E-state index >= 15 is 0 Å². The minimum Gasteiger partial charge on any atom is -0.198 e. The second kappa shape index (κ2) is 5.62. The maximum Gasteiger partial charge on any atom is 0.452 e. The summed E-state index contributed by atoms with van der Waals surface area (Å²) in [5, 5.41) is -7.65. The van der Waals surface area contributed by atoms with Crippen LogP contribution in [0, 0.1) is 0 Å². The predicted molar refractivity (Wildman–Crippen MR) is 37.1 cm³/mol. The molecule has 0 aliphatic rings. The predicted octanol–water partition coefficient (Wildman–Crippen LogP) is 4.74. The molecule has 0 rings (SSSR count). The van der Waals surface area contributed by atoms with Crippen LogP contribution in [-0.4, -0.2) is 34.7 Å². The molecular weight excluding hydrogens is 366 g/mol. The lowest BCUT2D eigenvalue weighted by Crippen LogP contribution is -2.66. The number of hydrogen-bond donors (Lipinski definition) is 0. The average Bonchev–Trinajstić information content (AvgIpc) is 2.31. The minimum absolute atomic E-state index is 3.76. The summed E-state index contributed by atoms with van der Waals surface area (Å²) in [6.07, 6.45) is -14.0. The standard InChI is InChI=1S/C6F14N2/c7-1(3(9,10)11)2(8)21(18)4(12,5(13,14)15)6(16,17)22(19)20. The van der Waals surface area contributed by atoms with Crippen LogP contribution in [0.25, 0.3) is 0 Å². The van der Waals surface area contributed by atoms with E-state index in [0.29, 0.717) is 0 Å². The third-order valence-electron chi connectivity index (χ3n) is 1.86. The van der Waals surface area contributed by atoms with Crippen LogP contribution in [0.5, 0.6) is 0 Å². The molecule has 16 heteroatoms. The molecule has 0 saturated heterocycles. The zero-order valence-electron chi connectivity index (χ0n) is 9.19. The van der Waals surface area contributed by atoms with Crippen LogP contribution in [0.3, 0.4) is 0 Å². The van der Waals surface area contributed by atoms with Gasteiger partial charge in [0.1, 0.15) is 0 Å². The summed E-state index contributed by atoms with van der Waals surface area (Å²) in [6.45, 7) is 0. The van der Waals surface area contributed by atoms with Gasteiger partial charge in [0.05, 0.1) is 5.34 Å². The lowest BCUT2D eigenvalue weighted by atomic mass is 10.2. The number of nitrogens with zero attached hydrogens (tertiary/aromatic N) is 2. The first-order valence-corrected chi connectivity index (χ1v) is 4.26. The number of allylic oxidation sites excluding steroid dienone is 1. The fraction of sp³-hybridized carbons (Fsp3) is 0.667. The summed E-state index contributed by atoms with van der Waals surface area (Å²) < 4.78 is 169. The van der Waals surface area contributed by atoms with Gasteiger partial charge >= 0.3 is 24.2 Å². The van der Waals surface area contributed by atoms with Crippen LogP contribution in [0.15, 0.2) is 11.8 Å². The van der Waals surface area contributed by atoms with Gasteiger partial charge in [0.2, 0.25) is 0 Å². The normalized spacial score (nSPS) is 18.1. The van der Waals surface area contributed by atoms with Crippen LogP contribution in [0.4, 0.5) is 61.7 Å². The van der Waals surface area contributed by atoms with Crippen molar-refractivity contribution in [3.63, 3.8) is 0 Å². The number of hydrogen-bond acceptors (Lipinski definition) is 2. The van der Waals surface area contributed by atoms with Crippen LogP contribution in [0.2, 0.25) is 0 Å². The Balaban J connectivity index is 6.30. The fourth-order valence-electron chi connectivity index (χ4n) is 0.850. The molecule has 0 spiro atoms. The van der Waals surface area contributed by atoms with Crippen molar-refractivity contribution in [2.75, 3.05) is 0 Å². The van der Waals surface area contributed by atoms with Crippen LogP contribution >= 0.6 is 0 Å². The number of rotatable bonds is 4. The summed E-state index contributed by atoms with van der Waals surface area (Å²) in [4.78, 5) is 0. The molecule has 0 aromatic carbocycles. The van der Waals surface area contributed by atoms with E-state index in [1.165, 1.54) is 0 Å². The Bertz CT molecular complexity index is 434. The molecule has 0 amide bonds. The second-order valence-corrected chi connectivity index (χ2v) is 3.28. The highest BCUT2D eigenvalue weighted by atomic mass is 19.4. The molecule has 0 N–H and O–H groups in total. The summed E-state index contributed by atoms with van der Waals surface area (Å²) >= 11 is 0. The quantitative estimate of drug-likeness (QED) is 0.403. The highest BCUT2D eigenvalue weighted by Gasteiger charge is 2.80. The van der Waals surface area contributed by atoms with E-state index in [4.69, 9.17) is 0 Å². The van der Waals surface area contributed by atoms with Crippen molar-refractivity contribution < 1.29 is 61.7 Å². The van der Waals surface area contributed by atoms with Crippen LogP contribution in [0.1, 0.15) is 0 Å². The molecule has 0 heterocycles. The van der Waals surface area contributed by atoms with E-state index in [-0.39, 0.29) is 0 Å². The molecule has 0 bridgehead atoms. The average molecular weight is 366 g/mol. The summed E-state index contributed by atoms with van der Waals surface area (Å²) in [5.74, 6) is -16.3. The van der Waals surface area contributed by atoms with Gasteiger partial charge in [-0.25, -0.2) is 0 Å². The van der Waals surface area contributed by atoms with Gasteiger partial charge in [-0.2, -0.15) is 48.3 Å². The molecule has 0 aromatic heterocycles. The Morgan fingerprint density at radius 3 is 1.27 bits per heavy atom. The van der Waals surface area contributed by atoms with Crippen molar-refractivity contribution >= 4 is 0 Å². The lowest BCUT2D eigenvalue weighted by molar-refractivity contribution is -0.464. The van der Waals surface area contributed by atoms with Gasteiger partial charge in [0.15, 0.2) is 0 Å². The Labute approximate surface area is 110 Å². The Hall–Kier alpha value is -1.48. The molecule has 0 saturated carbocycles. The van der Waals surface area contributed by atoms with Crippen molar-refractivity contribution in [3.05, 3.63) is 11.8 Å². The third-order valence-corrected chi connectivity index (χ3v) is 1.86. The molecule has 0 radical (unpaired) electrons. The molecule has 2 nitrogen and oxygen atoms in total. The van der Waals surface area contributed by atoms with Crippen LogP contribution in [-0.2, 0) is 0 Å². The van der Waals surface area contributed by atoms with Crippen molar-refractivity contribution in [3.8, 4) is 0 Å². The summed E-state index contributed by atoms with van der Waals surface area (Å²) in [5.41, 5.74) is 0. The molecular formula is C6F14N2. The SMILES string of the molecule is FC(=C(F)C(F)(F)F)N(F)C(F)(C(F)(F)F)C(F)(F)N(F)F. The van der Waals surface area contributed by atoms with E-state index in [0.717, 1.165) is 0 Å². The van der Waals surface area contributed by atoms with Gasteiger partial charge in [0, 0.05) is 0 Å². The van der Waals surface area contributed by atoms with E-state index in [1.54, 1.807) is 0 Å². The lowest BCUT2D eigenvalue weighted by Gasteiger charge is -2.36. The van der Waals surface area contributed by atoms with Gasteiger partial charge in [-0.05, 0) is 0 Å². The topological polar surface area (TPSA) is 6.48 Å². The zero-order chi connectivity index (χ0) is 18.3. The van der Waals surface area contributed by atoms with E-state index in [9.17, 15) is 61.7 Å². The smallest absolute Gasteiger partial charge is 0.198 e. The van der Waals surface area contributed by atoms with Gasteiger partial charge in [-0.3, -0.25) is 0 Å². The Kier molecular flexibility index (Phi) is 5.24. The van der Waals surface area contributed by atoms with Gasteiger partial charge in [-0.1, -0.05) is 13.4 Å². The molecule has 0 aliphatic carbocycles. The number of alkyl halides is 9. The Morgan fingerprint density at radius 1 is 0.682 bits per heavy atom. The first kappa shape index (κ1) is 20.5. The summed E-state index contributed by atoms with van der Waals surface area (Å²) in [7, 11) is 0. The molecule has 0 aromatic rings. The monoisotopic (exact) mass is 366 g/mol. The van der Waals surface area contributed by atoms with Crippen molar-refractivity contribution in [1.82, 2.24) is 10.5 Å². The maximum absolute atomic E-state index is 13.1. The van der Waals surface area contributed by atoms with Gasteiger partial charge in [0.25, 0.3) is 11.8 Å². The van der Waals surface area contributed by atoms with Gasteiger partial charge in [-0.15, -0.1) is 5.12 Å². The molecule has 1 unspecified atom stereocenters. The van der Waals surface area contributed by atoms with Gasteiger partial charge < -0.3 is 0 Å². The molecule has 0 aliphatic heterocycles. The van der Waals surface area contributed by atoms with E-state index < -0.39 is 46.4 Å². The highest BCUT2D eigenvalue weighted by molar-refractivity contribution is 5.09. The molecule has 1 atom stereocenters. The molecule has 0 fully saturated rings. The first-order valence-electron chi connectivity index (χ1n) is 4.26. The van der Waals surface area contributed by atoms with Crippen LogP contribution < -0.4 is 0 Å². The van der Waals surface area contributed by atoms with E-state index in [2.05, 4.69) is 0 Å². The minimum atomic E-state index is -7.41. The van der Waals surface area contributed by atoms with Crippen molar-refractivity contribution in [2.24, 2.45) is 0 Å². The number of halogens is 14. The van der Waals surface area contributed by atoms with Crippen molar-refractivity contribution in [1.29, 1.82) is 0 Å². The molecule has 22 heavy (non-hydrogen) atoms. The third kappa shape index (κ3) is 3.14. The van der Waals surface area contributed by atoms with E-state index in [1.807, 2.05) is 0 Å². The fourth-order valence-corrected chi connectivity index (χ4v) is 0.850. The maximum atomic E-state index is 13.1. The van der Waals surface area contributed by atoms with Crippen molar-refractivity contribution in [2.45, 2.75) is 24.2 Å². The Morgan fingerprint density at radius 2 is 1.05 bits per heavy atom.